The maximum atomic E-state index is 10.9. The Labute approximate surface area is 80.1 Å². The summed E-state index contributed by atoms with van der Waals surface area (Å²) < 4.78 is 4.91. The Kier molecular flexibility index (Phi) is 8.76. The largest absolute Gasteiger partial charge is 0.463 e. The Morgan fingerprint density at radius 2 is 1.92 bits per heavy atom. The first-order valence-electron chi connectivity index (χ1n) is 3.97. The van der Waals surface area contributed by atoms with Gasteiger partial charge >= 0.3 is 5.97 Å². The van der Waals surface area contributed by atoms with Crippen LogP contribution in [0.25, 0.3) is 0 Å². The molecule has 0 aromatic heterocycles. The summed E-state index contributed by atoms with van der Waals surface area (Å²) >= 11 is 0. The molecule has 0 heterocycles. The van der Waals surface area contributed by atoms with Gasteiger partial charge in [0.1, 0.15) is 0 Å². The number of ether oxygens (including phenoxy) is 1. The molecule has 3 nitrogen and oxygen atoms in total. The lowest BCUT2D eigenvalue weighted by atomic mass is 10.2. The molecule has 0 aromatic carbocycles. The standard InChI is InChI=1S/C8H17NO2.ClH/c1-6(2)11-8(10)5-4-7(3)9;/h6-7H,4-5,9H2,1-3H3;1H. The van der Waals surface area contributed by atoms with Crippen LogP contribution in [-0.4, -0.2) is 18.1 Å². The Morgan fingerprint density at radius 1 is 1.42 bits per heavy atom. The fourth-order valence-corrected chi connectivity index (χ4v) is 0.667. The van der Waals surface area contributed by atoms with Gasteiger partial charge in [-0.2, -0.15) is 0 Å². The lowest BCUT2D eigenvalue weighted by Crippen LogP contribution is -2.18. The zero-order valence-corrected chi connectivity index (χ0v) is 8.69. The van der Waals surface area contributed by atoms with Crippen LogP contribution in [0.2, 0.25) is 0 Å². The van der Waals surface area contributed by atoms with E-state index in [0.717, 1.165) is 0 Å². The molecule has 74 valence electrons. The SMILES string of the molecule is CC(N)CCC(=O)OC(C)C.Cl. The fourth-order valence-electron chi connectivity index (χ4n) is 0.667. The third-order valence-corrected chi connectivity index (χ3v) is 1.17. The third-order valence-electron chi connectivity index (χ3n) is 1.17. The highest BCUT2D eigenvalue weighted by Crippen LogP contribution is 1.98. The minimum atomic E-state index is -0.155. The Bertz CT molecular complexity index is 126. The fraction of sp³-hybridized carbons (Fsp3) is 0.875. The minimum absolute atomic E-state index is 0. The predicted octanol–water partition coefficient (Wildman–Crippen LogP) is 1.49. The molecule has 1 unspecified atom stereocenters. The number of carbonyl (C=O) groups excluding carboxylic acids is 1. The van der Waals surface area contributed by atoms with E-state index in [4.69, 9.17) is 10.5 Å². The average Bonchev–Trinajstić information content (AvgIpc) is 1.82. The summed E-state index contributed by atoms with van der Waals surface area (Å²) in [6, 6.07) is 0.0784. The van der Waals surface area contributed by atoms with Crippen molar-refractivity contribution in [1.29, 1.82) is 0 Å². The van der Waals surface area contributed by atoms with Gasteiger partial charge in [0.2, 0.25) is 0 Å². The number of hydrogen-bond donors (Lipinski definition) is 1. The van der Waals surface area contributed by atoms with Gasteiger partial charge in [0.15, 0.2) is 0 Å². The monoisotopic (exact) mass is 195 g/mol. The van der Waals surface area contributed by atoms with Crippen molar-refractivity contribution in [2.75, 3.05) is 0 Å². The second kappa shape index (κ2) is 7.37. The van der Waals surface area contributed by atoms with E-state index >= 15 is 0 Å². The molecule has 0 saturated carbocycles. The van der Waals surface area contributed by atoms with Crippen LogP contribution in [-0.2, 0) is 9.53 Å². The molecular weight excluding hydrogens is 178 g/mol. The van der Waals surface area contributed by atoms with E-state index in [-0.39, 0.29) is 30.5 Å². The molecule has 0 aliphatic heterocycles. The normalized spacial score (nSPS) is 12.1. The highest BCUT2D eigenvalue weighted by molar-refractivity contribution is 5.85. The molecule has 0 bridgehead atoms. The summed E-state index contributed by atoms with van der Waals surface area (Å²) in [7, 11) is 0. The second-order valence-corrected chi connectivity index (χ2v) is 3.05. The number of esters is 1. The van der Waals surface area contributed by atoms with Crippen LogP contribution in [0.5, 0.6) is 0 Å². The molecular formula is C8H18ClNO2. The highest BCUT2D eigenvalue weighted by atomic mass is 35.5. The first-order valence-corrected chi connectivity index (χ1v) is 3.97. The van der Waals surface area contributed by atoms with Crippen molar-refractivity contribution in [2.24, 2.45) is 5.73 Å². The Morgan fingerprint density at radius 3 is 2.25 bits per heavy atom. The number of halogens is 1. The Hall–Kier alpha value is -0.280. The van der Waals surface area contributed by atoms with Gasteiger partial charge in [-0.3, -0.25) is 4.79 Å². The molecule has 4 heteroatoms. The summed E-state index contributed by atoms with van der Waals surface area (Å²) in [5.41, 5.74) is 5.46. The number of nitrogens with two attached hydrogens (primary N) is 1. The molecule has 0 aliphatic carbocycles. The molecule has 0 amide bonds. The van der Waals surface area contributed by atoms with E-state index in [1.54, 1.807) is 0 Å². The maximum absolute atomic E-state index is 10.9. The van der Waals surface area contributed by atoms with Crippen LogP contribution >= 0.6 is 12.4 Å². The van der Waals surface area contributed by atoms with Crippen LogP contribution in [0.1, 0.15) is 33.6 Å². The highest BCUT2D eigenvalue weighted by Gasteiger charge is 2.05. The van der Waals surface area contributed by atoms with Crippen molar-refractivity contribution in [1.82, 2.24) is 0 Å². The lowest BCUT2D eigenvalue weighted by molar-refractivity contribution is -0.147. The smallest absolute Gasteiger partial charge is 0.306 e. The van der Waals surface area contributed by atoms with Gasteiger partial charge in [-0.25, -0.2) is 0 Å². The van der Waals surface area contributed by atoms with E-state index in [9.17, 15) is 4.79 Å². The molecule has 0 fully saturated rings. The third kappa shape index (κ3) is 9.72. The van der Waals surface area contributed by atoms with Crippen molar-refractivity contribution < 1.29 is 9.53 Å². The van der Waals surface area contributed by atoms with E-state index in [1.165, 1.54) is 0 Å². The molecule has 0 aliphatic rings. The van der Waals surface area contributed by atoms with Crippen molar-refractivity contribution in [3.8, 4) is 0 Å². The van der Waals surface area contributed by atoms with Crippen LogP contribution in [0.4, 0.5) is 0 Å². The summed E-state index contributed by atoms with van der Waals surface area (Å²) in [5, 5.41) is 0. The van der Waals surface area contributed by atoms with Gasteiger partial charge in [0, 0.05) is 12.5 Å². The second-order valence-electron chi connectivity index (χ2n) is 3.05. The first kappa shape index (κ1) is 14.3. The van der Waals surface area contributed by atoms with Gasteiger partial charge in [-0.05, 0) is 27.2 Å². The van der Waals surface area contributed by atoms with Gasteiger partial charge in [0.25, 0.3) is 0 Å². The van der Waals surface area contributed by atoms with E-state index < -0.39 is 0 Å². The molecule has 1 atom stereocenters. The number of carbonyl (C=O) groups is 1. The molecule has 12 heavy (non-hydrogen) atoms. The van der Waals surface area contributed by atoms with Crippen molar-refractivity contribution >= 4 is 18.4 Å². The molecule has 0 saturated heterocycles. The van der Waals surface area contributed by atoms with Crippen LogP contribution in [0.15, 0.2) is 0 Å². The molecule has 0 aromatic rings. The van der Waals surface area contributed by atoms with Gasteiger partial charge in [-0.15, -0.1) is 12.4 Å². The summed E-state index contributed by atoms with van der Waals surface area (Å²) in [6.45, 7) is 5.55. The first-order chi connectivity index (χ1) is 5.02. The van der Waals surface area contributed by atoms with E-state index in [1.807, 2.05) is 20.8 Å². The molecule has 2 N–H and O–H groups in total. The Balaban J connectivity index is 0. The van der Waals surface area contributed by atoms with E-state index in [0.29, 0.717) is 12.8 Å². The molecule has 0 radical (unpaired) electrons. The van der Waals surface area contributed by atoms with Gasteiger partial charge in [-0.1, -0.05) is 0 Å². The van der Waals surface area contributed by atoms with Crippen molar-refractivity contribution in [3.63, 3.8) is 0 Å². The number of rotatable bonds is 4. The van der Waals surface area contributed by atoms with Crippen molar-refractivity contribution in [2.45, 2.75) is 45.8 Å². The summed E-state index contributed by atoms with van der Waals surface area (Å²) in [6.07, 6.45) is 1.11. The van der Waals surface area contributed by atoms with Gasteiger partial charge < -0.3 is 10.5 Å². The van der Waals surface area contributed by atoms with Gasteiger partial charge in [0.05, 0.1) is 6.10 Å². The molecule has 0 spiro atoms. The minimum Gasteiger partial charge on any atom is -0.463 e. The van der Waals surface area contributed by atoms with Crippen LogP contribution < -0.4 is 5.73 Å². The van der Waals surface area contributed by atoms with Crippen molar-refractivity contribution in [3.05, 3.63) is 0 Å². The maximum Gasteiger partial charge on any atom is 0.306 e. The predicted molar refractivity (Wildman–Crippen MR) is 51.4 cm³/mol. The van der Waals surface area contributed by atoms with Crippen LogP contribution in [0.3, 0.4) is 0 Å². The molecule has 0 rings (SSSR count). The zero-order valence-electron chi connectivity index (χ0n) is 7.87. The topological polar surface area (TPSA) is 52.3 Å². The lowest BCUT2D eigenvalue weighted by Gasteiger charge is -2.08. The summed E-state index contributed by atoms with van der Waals surface area (Å²) in [4.78, 5) is 10.9. The zero-order chi connectivity index (χ0) is 8.85. The van der Waals surface area contributed by atoms with Crippen LogP contribution in [0, 0.1) is 0 Å². The summed E-state index contributed by atoms with van der Waals surface area (Å²) in [5.74, 6) is -0.155. The number of hydrogen-bond acceptors (Lipinski definition) is 3. The quantitative estimate of drug-likeness (QED) is 0.692. The average molecular weight is 196 g/mol. The van der Waals surface area contributed by atoms with E-state index in [2.05, 4.69) is 0 Å².